The van der Waals surface area contributed by atoms with Crippen LogP contribution in [0.4, 0.5) is 0 Å². The van der Waals surface area contributed by atoms with E-state index < -0.39 is 5.97 Å². The normalized spacial score (nSPS) is 24.8. The molecule has 1 amide bonds. The highest BCUT2D eigenvalue weighted by Gasteiger charge is 2.34. The lowest BCUT2D eigenvalue weighted by molar-refractivity contribution is -0.139. The van der Waals surface area contributed by atoms with Crippen LogP contribution in [-0.4, -0.2) is 58.5 Å². The summed E-state index contributed by atoms with van der Waals surface area (Å²) in [6, 6.07) is 0.635. The number of piperidine rings is 1. The van der Waals surface area contributed by atoms with Gasteiger partial charge in [0.25, 0.3) is 0 Å². The summed E-state index contributed by atoms with van der Waals surface area (Å²) in [6.45, 7) is 3.25. The van der Waals surface area contributed by atoms with Crippen LogP contribution in [0.5, 0.6) is 0 Å². The lowest BCUT2D eigenvalue weighted by Gasteiger charge is -2.37. The first-order valence-corrected chi connectivity index (χ1v) is 6.81. The fourth-order valence-corrected chi connectivity index (χ4v) is 2.80. The fraction of sp³-hybridized carbons (Fsp3) is 0.846. The molecule has 5 nitrogen and oxygen atoms in total. The quantitative estimate of drug-likeness (QED) is 0.793. The van der Waals surface area contributed by atoms with Gasteiger partial charge in [-0.15, -0.1) is 0 Å². The molecule has 5 heteroatoms. The van der Waals surface area contributed by atoms with E-state index >= 15 is 0 Å². The summed E-state index contributed by atoms with van der Waals surface area (Å²) in [5.41, 5.74) is 0. The second-order valence-corrected chi connectivity index (χ2v) is 5.42. The maximum atomic E-state index is 11.6. The molecule has 1 aliphatic carbocycles. The maximum absolute atomic E-state index is 11.6. The summed E-state index contributed by atoms with van der Waals surface area (Å²) in [4.78, 5) is 26.4. The average molecular weight is 254 g/mol. The summed E-state index contributed by atoms with van der Waals surface area (Å²) in [5.74, 6) is -0.652. The van der Waals surface area contributed by atoms with Crippen LogP contribution in [0.15, 0.2) is 0 Å². The van der Waals surface area contributed by atoms with Gasteiger partial charge in [-0.2, -0.15) is 0 Å². The Hall–Kier alpha value is -1.10. The molecule has 2 rings (SSSR count). The van der Waals surface area contributed by atoms with Crippen LogP contribution < -0.4 is 0 Å². The molecule has 0 aromatic carbocycles. The van der Waals surface area contributed by atoms with Gasteiger partial charge in [0.05, 0.1) is 6.54 Å². The van der Waals surface area contributed by atoms with E-state index in [0.717, 1.165) is 38.6 Å². The Morgan fingerprint density at radius 1 is 1.28 bits per heavy atom. The van der Waals surface area contributed by atoms with Gasteiger partial charge < -0.3 is 10.0 Å². The third kappa shape index (κ3) is 3.45. The molecule has 0 bridgehead atoms. The van der Waals surface area contributed by atoms with Crippen molar-refractivity contribution >= 4 is 11.9 Å². The largest absolute Gasteiger partial charge is 0.480 e. The second kappa shape index (κ2) is 5.69. The van der Waals surface area contributed by atoms with Crippen LogP contribution >= 0.6 is 0 Å². The Labute approximate surface area is 108 Å². The molecular weight excluding hydrogens is 232 g/mol. The van der Waals surface area contributed by atoms with Gasteiger partial charge in [-0.1, -0.05) is 6.42 Å². The Kier molecular flexibility index (Phi) is 4.22. The Bertz CT molecular complexity index is 328. The molecule has 18 heavy (non-hydrogen) atoms. The Morgan fingerprint density at radius 3 is 2.56 bits per heavy atom. The van der Waals surface area contributed by atoms with E-state index in [1.807, 2.05) is 9.80 Å². The first-order valence-electron chi connectivity index (χ1n) is 6.81. The van der Waals surface area contributed by atoms with Gasteiger partial charge in [-0.05, 0) is 32.2 Å². The van der Waals surface area contributed by atoms with Crippen LogP contribution in [0.25, 0.3) is 0 Å². The zero-order chi connectivity index (χ0) is 13.1. The molecule has 1 N–H and O–H groups in total. The highest BCUT2D eigenvalue weighted by Crippen LogP contribution is 2.28. The van der Waals surface area contributed by atoms with Crippen molar-refractivity contribution in [2.24, 2.45) is 0 Å². The van der Waals surface area contributed by atoms with Crippen molar-refractivity contribution in [3.63, 3.8) is 0 Å². The maximum Gasteiger partial charge on any atom is 0.317 e. The van der Waals surface area contributed by atoms with Crippen molar-refractivity contribution in [2.45, 2.75) is 51.1 Å². The predicted octanol–water partition coefficient (Wildman–Crippen LogP) is 0.936. The van der Waals surface area contributed by atoms with Crippen molar-refractivity contribution in [3.05, 3.63) is 0 Å². The number of carbonyl (C=O) groups is 2. The van der Waals surface area contributed by atoms with Gasteiger partial charge in [0, 0.05) is 25.6 Å². The number of nitrogens with zero attached hydrogens (tertiary/aromatic N) is 2. The molecule has 0 unspecified atom stereocenters. The molecule has 102 valence electrons. The van der Waals surface area contributed by atoms with E-state index in [9.17, 15) is 9.59 Å². The van der Waals surface area contributed by atoms with Crippen molar-refractivity contribution < 1.29 is 14.7 Å². The number of aliphatic carboxylic acids is 1. The molecule has 0 spiro atoms. The zero-order valence-corrected chi connectivity index (χ0v) is 11.0. The number of amides is 1. The van der Waals surface area contributed by atoms with Gasteiger partial charge in [-0.3, -0.25) is 14.5 Å². The van der Waals surface area contributed by atoms with Crippen molar-refractivity contribution in [2.75, 3.05) is 19.6 Å². The number of carboxylic acid groups (broad SMARTS) is 1. The molecule has 1 atom stereocenters. The first-order chi connectivity index (χ1) is 8.58. The molecule has 2 fully saturated rings. The van der Waals surface area contributed by atoms with Crippen LogP contribution in [-0.2, 0) is 9.59 Å². The van der Waals surface area contributed by atoms with E-state index in [4.69, 9.17) is 5.11 Å². The third-order valence-corrected chi connectivity index (χ3v) is 3.89. The first kappa shape index (κ1) is 13.3. The van der Waals surface area contributed by atoms with Gasteiger partial charge in [0.1, 0.15) is 0 Å². The molecule has 1 saturated heterocycles. The lowest BCUT2D eigenvalue weighted by Crippen LogP contribution is -2.50. The number of likely N-dealkylation sites (tertiary alicyclic amines) is 1. The molecule has 1 aliphatic heterocycles. The highest BCUT2D eigenvalue weighted by atomic mass is 16.4. The number of hydrogen-bond donors (Lipinski definition) is 1. The Balaban J connectivity index is 1.95. The van der Waals surface area contributed by atoms with Crippen LogP contribution in [0, 0.1) is 0 Å². The monoisotopic (exact) mass is 254 g/mol. The molecule has 0 aromatic rings. The minimum Gasteiger partial charge on any atom is -0.480 e. The molecule has 0 aromatic heterocycles. The third-order valence-electron chi connectivity index (χ3n) is 3.89. The molecule has 0 radical (unpaired) electrons. The topological polar surface area (TPSA) is 60.9 Å². The number of hydrogen-bond acceptors (Lipinski definition) is 3. The van der Waals surface area contributed by atoms with Gasteiger partial charge in [0.15, 0.2) is 0 Å². The van der Waals surface area contributed by atoms with Crippen LogP contribution in [0.1, 0.15) is 39.0 Å². The number of rotatable bonds is 5. The van der Waals surface area contributed by atoms with E-state index in [0.29, 0.717) is 12.6 Å². The standard InChI is InChI=1S/C13H22N2O3/c1-10(16)15(11-5-6-11)8-12-4-2-3-7-14(12)9-13(17)18/h11-12H,2-9H2,1H3,(H,17,18)/t12-/m0/s1. The van der Waals surface area contributed by atoms with Crippen LogP contribution in [0.2, 0.25) is 0 Å². The molecular formula is C13H22N2O3. The van der Waals surface area contributed by atoms with Crippen molar-refractivity contribution in [3.8, 4) is 0 Å². The highest BCUT2D eigenvalue weighted by molar-refractivity contribution is 5.74. The van der Waals surface area contributed by atoms with Crippen molar-refractivity contribution in [1.29, 1.82) is 0 Å². The summed E-state index contributed by atoms with van der Waals surface area (Å²) < 4.78 is 0. The summed E-state index contributed by atoms with van der Waals surface area (Å²) in [5, 5.41) is 8.93. The molecule has 1 heterocycles. The minimum absolute atomic E-state index is 0.0983. The summed E-state index contributed by atoms with van der Waals surface area (Å²) in [7, 11) is 0. The van der Waals surface area contributed by atoms with Gasteiger partial charge in [-0.25, -0.2) is 0 Å². The van der Waals surface area contributed by atoms with Crippen molar-refractivity contribution in [1.82, 2.24) is 9.80 Å². The second-order valence-electron chi connectivity index (χ2n) is 5.42. The van der Waals surface area contributed by atoms with E-state index in [-0.39, 0.29) is 18.5 Å². The SMILES string of the molecule is CC(=O)N(C[C@@H]1CCCCN1CC(=O)O)C1CC1. The smallest absolute Gasteiger partial charge is 0.317 e. The molecule has 1 saturated carbocycles. The number of carbonyl (C=O) groups excluding carboxylic acids is 1. The minimum atomic E-state index is -0.775. The summed E-state index contributed by atoms with van der Waals surface area (Å²) >= 11 is 0. The Morgan fingerprint density at radius 2 is 2.00 bits per heavy atom. The number of carboxylic acids is 1. The predicted molar refractivity (Wildman–Crippen MR) is 67.3 cm³/mol. The van der Waals surface area contributed by atoms with Gasteiger partial charge in [0.2, 0.25) is 5.91 Å². The average Bonchev–Trinajstić information content (AvgIpc) is 3.10. The summed E-state index contributed by atoms with van der Waals surface area (Å²) in [6.07, 6.45) is 5.41. The fourth-order valence-electron chi connectivity index (χ4n) is 2.80. The van der Waals surface area contributed by atoms with E-state index in [1.54, 1.807) is 6.92 Å². The van der Waals surface area contributed by atoms with E-state index in [1.165, 1.54) is 0 Å². The lowest BCUT2D eigenvalue weighted by atomic mass is 10.0. The zero-order valence-electron chi connectivity index (χ0n) is 11.0. The van der Waals surface area contributed by atoms with Gasteiger partial charge >= 0.3 is 5.97 Å². The molecule has 2 aliphatic rings. The van der Waals surface area contributed by atoms with Crippen LogP contribution in [0.3, 0.4) is 0 Å². The van der Waals surface area contributed by atoms with E-state index in [2.05, 4.69) is 0 Å².